The van der Waals surface area contributed by atoms with Gasteiger partial charge in [0.15, 0.2) is 6.10 Å². The Balaban J connectivity index is 0.000000204. The largest absolute Gasteiger partial charge is 0.470 e. The van der Waals surface area contributed by atoms with Crippen molar-refractivity contribution in [3.8, 4) is 12.3 Å². The molecule has 0 spiro atoms. The van der Waals surface area contributed by atoms with E-state index in [1.54, 1.807) is 0 Å². The van der Waals surface area contributed by atoms with Crippen LogP contribution in [0.5, 0.6) is 0 Å². The van der Waals surface area contributed by atoms with Gasteiger partial charge in [-0.2, -0.15) is 9.78 Å². The molecule has 0 radical (unpaired) electrons. The first-order chi connectivity index (χ1) is 27.2. The highest BCUT2D eigenvalue weighted by Gasteiger charge is 2.72. The lowest BCUT2D eigenvalue weighted by atomic mass is 9.88. The highest BCUT2D eigenvalue weighted by Crippen LogP contribution is 2.58. The molecular weight excluding hydrogens is 813 g/mol. The van der Waals surface area contributed by atoms with Crippen LogP contribution in [-0.4, -0.2) is 90.3 Å². The highest BCUT2D eigenvalue weighted by atomic mass is 28.4. The third-order valence-electron chi connectivity index (χ3n) is 11.5. The first kappa shape index (κ1) is 47.6. The molecule has 5 aliphatic heterocycles. The molecule has 334 valence electrons. The van der Waals surface area contributed by atoms with Crippen molar-refractivity contribution in [2.75, 3.05) is 13.2 Å². The number of hydrogen-bond acceptors (Lipinski definition) is 13. The standard InChI is InChI=1S/C20H30N2O6Si.C18H28N2O5Si.C3H6O2/c1-9-20(22-11-10-14(23)21-16(22)24)19(8,25)15-13(27-20)12-26-29(28-15,17(2,3)4)18(5,6)7;1-11-14-12(24-15(11)20-9-8-13(21)19-16(20)22)10-23-26(25-14,17(2,3)4)18(5,6)7;1-3(2)4-5-3/h1,10-11,13,15,25H,12H2,2-8H3,(H,21,23,24);8-9,12,14H,10H2,1-7H3,(H,19,21,22);1-2H3/t13-,15?,19-,20-;12-,14?;/m11./s1. The van der Waals surface area contributed by atoms with E-state index in [1.165, 1.54) is 30.0 Å². The average Bonchev–Trinajstić information content (AvgIpc) is 3.63. The van der Waals surface area contributed by atoms with E-state index in [4.69, 9.17) is 33.6 Å². The summed E-state index contributed by atoms with van der Waals surface area (Å²) in [5.41, 5.74) is -5.07. The van der Waals surface area contributed by atoms with Crippen LogP contribution in [0.15, 0.2) is 49.3 Å². The Morgan fingerprint density at radius 2 is 1.20 bits per heavy atom. The van der Waals surface area contributed by atoms with Crippen LogP contribution in [0.25, 0.3) is 5.88 Å². The maximum Gasteiger partial charge on any atom is 0.350 e. The average molecular weight is 877 g/mol. The normalized spacial score (nSPS) is 30.3. The van der Waals surface area contributed by atoms with Gasteiger partial charge < -0.3 is 32.3 Å². The van der Waals surface area contributed by atoms with Gasteiger partial charge in [0.25, 0.3) is 11.1 Å². The minimum absolute atomic E-state index is 0.131. The van der Waals surface area contributed by atoms with Crippen molar-refractivity contribution in [3.63, 3.8) is 0 Å². The molecule has 3 N–H and O–H groups in total. The predicted molar refractivity (Wildman–Crippen MR) is 227 cm³/mol. The molecule has 7 rings (SSSR count). The molecule has 0 saturated carbocycles. The molecular formula is C41H64N4O13Si2. The molecule has 5 aliphatic rings. The summed E-state index contributed by atoms with van der Waals surface area (Å²) in [5.74, 6) is 2.62. The van der Waals surface area contributed by atoms with Gasteiger partial charge in [0.05, 0.1) is 13.2 Å². The van der Waals surface area contributed by atoms with Crippen molar-refractivity contribution in [1.82, 2.24) is 19.1 Å². The monoisotopic (exact) mass is 876 g/mol. The fourth-order valence-corrected chi connectivity index (χ4v) is 19.0. The number of ether oxygens (including phenoxy) is 2. The second-order valence-corrected chi connectivity index (χ2v) is 30.2. The molecule has 6 atom stereocenters. The molecule has 7 heterocycles. The Hall–Kier alpha value is -3.43. The summed E-state index contributed by atoms with van der Waals surface area (Å²) in [4.78, 5) is 60.7. The molecule has 17 nitrogen and oxygen atoms in total. The van der Waals surface area contributed by atoms with Gasteiger partial charge in [0, 0.05) is 50.3 Å². The lowest BCUT2D eigenvalue weighted by Gasteiger charge is -2.54. The zero-order chi connectivity index (χ0) is 45.4. The Morgan fingerprint density at radius 1 is 0.750 bits per heavy atom. The molecule has 0 amide bonds. The second-order valence-electron chi connectivity index (χ2n) is 20.7. The number of terminal acetylenes is 1. The molecule has 19 heteroatoms. The van der Waals surface area contributed by atoms with Gasteiger partial charge in [-0.15, -0.1) is 6.42 Å². The molecule has 0 bridgehead atoms. The van der Waals surface area contributed by atoms with E-state index >= 15 is 0 Å². The topological polar surface area (TPSA) is 210 Å². The van der Waals surface area contributed by atoms with Crippen molar-refractivity contribution in [1.29, 1.82) is 0 Å². The van der Waals surface area contributed by atoms with Gasteiger partial charge in [0.2, 0.25) is 17.4 Å². The van der Waals surface area contributed by atoms with Crippen molar-refractivity contribution in [2.24, 2.45) is 0 Å². The zero-order valence-electron chi connectivity index (χ0n) is 37.9. The summed E-state index contributed by atoms with van der Waals surface area (Å²) in [6.07, 6.45) is 6.42. The van der Waals surface area contributed by atoms with E-state index in [-0.39, 0.29) is 44.8 Å². The summed E-state index contributed by atoms with van der Waals surface area (Å²) in [7, 11) is -5.54. The van der Waals surface area contributed by atoms with Gasteiger partial charge in [-0.3, -0.25) is 24.1 Å². The Morgan fingerprint density at radius 3 is 1.63 bits per heavy atom. The van der Waals surface area contributed by atoms with Crippen LogP contribution in [0.4, 0.5) is 0 Å². The summed E-state index contributed by atoms with van der Waals surface area (Å²) >= 11 is 0. The lowest BCUT2D eigenvalue weighted by molar-refractivity contribution is -0.146. The van der Waals surface area contributed by atoms with Crippen LogP contribution < -0.4 is 22.5 Å². The van der Waals surface area contributed by atoms with Crippen LogP contribution in [0.3, 0.4) is 0 Å². The van der Waals surface area contributed by atoms with Gasteiger partial charge in [-0.1, -0.05) is 83.1 Å². The first-order valence-electron chi connectivity index (χ1n) is 20.1. The summed E-state index contributed by atoms with van der Waals surface area (Å²) in [6, 6.07) is 2.45. The van der Waals surface area contributed by atoms with Crippen LogP contribution in [0.2, 0.25) is 20.2 Å². The third kappa shape index (κ3) is 8.16. The lowest BCUT2D eigenvalue weighted by Crippen LogP contribution is -2.68. The van der Waals surface area contributed by atoms with Crippen LogP contribution in [-0.2, 0) is 42.7 Å². The Kier molecular flexibility index (Phi) is 12.2. The Bertz CT molecular complexity index is 2230. The number of fused-ring (bicyclic) bond motifs is 2. The number of rotatable bonds is 2. The molecule has 60 heavy (non-hydrogen) atoms. The number of aliphatic hydroxyl groups is 1. The number of aromatic amines is 2. The van der Waals surface area contributed by atoms with E-state index in [1.807, 2.05) is 20.8 Å². The number of nitrogens with one attached hydrogen (secondary N) is 2. The van der Waals surface area contributed by atoms with E-state index in [2.05, 4.69) is 109 Å². The summed E-state index contributed by atoms with van der Waals surface area (Å²) in [5, 5.41) is 10.8. The minimum atomic E-state index is -2.91. The van der Waals surface area contributed by atoms with Crippen molar-refractivity contribution >= 4 is 23.0 Å². The van der Waals surface area contributed by atoms with Gasteiger partial charge >= 0.3 is 28.5 Å². The molecule has 2 aromatic rings. The third-order valence-corrected chi connectivity index (χ3v) is 21.7. The van der Waals surface area contributed by atoms with Crippen LogP contribution in [0, 0.1) is 12.3 Å². The molecule has 0 aliphatic carbocycles. The number of hydrogen-bond donors (Lipinski definition) is 3. The van der Waals surface area contributed by atoms with Crippen LogP contribution >= 0.6 is 0 Å². The summed E-state index contributed by atoms with van der Waals surface area (Å²) < 4.78 is 40.6. The number of nitrogens with zero attached hydrogens (tertiary/aromatic N) is 2. The second kappa shape index (κ2) is 15.4. The van der Waals surface area contributed by atoms with E-state index < -0.39 is 63.2 Å². The quantitative estimate of drug-likeness (QED) is 0.162. The van der Waals surface area contributed by atoms with Gasteiger partial charge in [-0.25, -0.2) is 14.2 Å². The van der Waals surface area contributed by atoms with E-state index in [9.17, 15) is 24.3 Å². The number of H-pyrrole nitrogens is 2. The highest BCUT2D eigenvalue weighted by molar-refractivity contribution is 6.74. The van der Waals surface area contributed by atoms with Gasteiger partial charge in [-0.05, 0) is 33.6 Å². The van der Waals surface area contributed by atoms with Crippen molar-refractivity contribution in [3.05, 3.63) is 71.8 Å². The maximum absolute atomic E-state index is 12.5. The molecule has 2 aromatic heterocycles. The fourth-order valence-electron chi connectivity index (χ4n) is 9.02. The Labute approximate surface area is 353 Å². The molecule has 4 saturated heterocycles. The van der Waals surface area contributed by atoms with E-state index in [0.717, 1.165) is 16.2 Å². The van der Waals surface area contributed by atoms with Crippen molar-refractivity contribution < 1.29 is 42.1 Å². The van der Waals surface area contributed by atoms with Crippen molar-refractivity contribution in [2.45, 2.75) is 172 Å². The minimum Gasteiger partial charge on any atom is -0.470 e. The maximum atomic E-state index is 12.5. The number of aromatic nitrogens is 4. The molecule has 0 aromatic carbocycles. The predicted octanol–water partition coefficient (Wildman–Crippen LogP) is 4.70. The first-order valence-corrected chi connectivity index (χ1v) is 23.7. The zero-order valence-corrected chi connectivity index (χ0v) is 39.9. The van der Waals surface area contributed by atoms with Crippen LogP contribution in [0.1, 0.15) is 111 Å². The van der Waals surface area contributed by atoms with E-state index in [0.29, 0.717) is 12.5 Å². The molecule has 2 unspecified atom stereocenters. The molecule has 4 fully saturated rings. The smallest absolute Gasteiger partial charge is 0.350 e. The SMILES string of the molecule is C#C[C@@]1(n2ccc(=O)[nH]c2=O)O[C@@H]2CO[Si](C(C)(C)C)(C(C)(C)C)OC2[C@@]1(C)O.CC1(C)OO1.CC1=C(n2ccc(=O)[nH]c2=O)O[C@@H]2CO[Si](C(C)(C)C)(C(C)(C)C)OC12. The summed E-state index contributed by atoms with van der Waals surface area (Å²) in [6.45, 7) is 33.1. The van der Waals surface area contributed by atoms with Gasteiger partial charge in [0.1, 0.15) is 23.9 Å². The fraction of sp³-hybridized carbons (Fsp3) is 0.707.